The minimum absolute atomic E-state index is 0.780. The van der Waals surface area contributed by atoms with Gasteiger partial charge < -0.3 is 86.0 Å². The molecular formula is C20H37NO16. The average molecular weight is 548 g/mol. The Balaban J connectivity index is 1.96. The highest BCUT2D eigenvalue weighted by Crippen LogP contribution is 2.36. The lowest BCUT2D eigenvalue weighted by Gasteiger charge is -2.54. The number of hydrogen-bond donors (Lipinski definition) is 13. The first-order valence-corrected chi connectivity index (χ1v) is 11.7. The molecule has 3 fully saturated rings. The molecule has 0 aromatic rings. The maximum absolute atomic E-state index is 10.7. The van der Waals surface area contributed by atoms with E-state index < -0.39 is 124 Å². The third-order valence-corrected chi connectivity index (χ3v) is 7.19. The van der Waals surface area contributed by atoms with E-state index in [1.54, 1.807) is 0 Å². The molecule has 3 saturated heterocycles. The zero-order chi connectivity index (χ0) is 27.8. The van der Waals surface area contributed by atoms with Crippen LogP contribution in [0.2, 0.25) is 0 Å². The van der Waals surface area contributed by atoms with Crippen LogP contribution in [-0.4, -0.2) is 185 Å². The van der Waals surface area contributed by atoms with E-state index >= 15 is 0 Å². The summed E-state index contributed by atoms with van der Waals surface area (Å²) in [5.41, 5.74) is 4.18. The molecule has 3 rings (SSSR count). The van der Waals surface area contributed by atoms with Crippen molar-refractivity contribution in [3.8, 4) is 0 Å². The molecule has 0 aromatic carbocycles. The standard InChI is InChI=1S/C20H37NO16/c21-20(17-14(31)11(28)8(25)5(1-22)35-17,18-15(32)12(29)9(26)6(2-23)36-18)4-34-19-16(33)13(30)10(27)7(3-24)37-19/h5-19,22-33H,1-4,21H2/t5-,6-,7-,8-,9-,10-,11+,12+,13+,14+,15+,16+,17?,18?,19?,20?/m1/s1. The Morgan fingerprint density at radius 1 is 0.514 bits per heavy atom. The van der Waals surface area contributed by atoms with Crippen LogP contribution in [0.1, 0.15) is 0 Å². The van der Waals surface area contributed by atoms with Gasteiger partial charge in [-0.15, -0.1) is 0 Å². The molecule has 3 heterocycles. The summed E-state index contributed by atoms with van der Waals surface area (Å²) in [5, 5.41) is 121. The second-order valence-corrected chi connectivity index (χ2v) is 9.62. The highest BCUT2D eigenvalue weighted by molar-refractivity contribution is 5.12. The predicted octanol–water partition coefficient (Wildman–Crippen LogP) is -8.81. The first kappa shape index (κ1) is 30.9. The minimum atomic E-state index is -2.35. The topological polar surface area (TPSA) is 306 Å². The second kappa shape index (κ2) is 12.2. The van der Waals surface area contributed by atoms with E-state index in [4.69, 9.17) is 24.7 Å². The highest BCUT2D eigenvalue weighted by atomic mass is 16.7. The molecule has 0 amide bonds. The zero-order valence-corrected chi connectivity index (χ0v) is 19.6. The van der Waals surface area contributed by atoms with Gasteiger partial charge in [0, 0.05) is 0 Å². The maximum atomic E-state index is 10.7. The monoisotopic (exact) mass is 547 g/mol. The molecule has 0 bridgehead atoms. The summed E-state index contributed by atoms with van der Waals surface area (Å²) in [5.74, 6) is 0. The number of rotatable bonds is 8. The summed E-state index contributed by atoms with van der Waals surface area (Å²) in [7, 11) is 0. The molecule has 0 saturated carbocycles. The number of aliphatic hydroxyl groups excluding tert-OH is 12. The van der Waals surface area contributed by atoms with Crippen molar-refractivity contribution in [1.29, 1.82) is 0 Å². The number of nitrogens with two attached hydrogens (primary N) is 1. The molecule has 37 heavy (non-hydrogen) atoms. The van der Waals surface area contributed by atoms with E-state index in [2.05, 4.69) is 0 Å². The Labute approximate surface area is 210 Å². The maximum Gasteiger partial charge on any atom is 0.186 e. The van der Waals surface area contributed by atoms with Gasteiger partial charge in [-0.1, -0.05) is 0 Å². The SMILES string of the molecule is NC(COC1O[C@H](CO)[C@@H](O)[C@H](O)[C@@H]1O)(C1O[C@H](CO)[C@@H](O)[C@H](O)[C@@H]1O)C1O[C@H](CO)[C@@H](O)[C@H](O)[C@@H]1O. The molecule has 3 aliphatic heterocycles. The molecule has 3 aliphatic rings. The van der Waals surface area contributed by atoms with Crippen molar-refractivity contribution >= 4 is 0 Å². The van der Waals surface area contributed by atoms with Crippen LogP contribution < -0.4 is 5.73 Å². The lowest BCUT2D eigenvalue weighted by Crippen LogP contribution is -2.78. The Bertz CT molecular complexity index is 692. The summed E-state index contributed by atoms with van der Waals surface area (Å²) in [6.45, 7) is -3.39. The van der Waals surface area contributed by atoms with E-state index in [1.807, 2.05) is 0 Å². The average Bonchev–Trinajstić information content (AvgIpc) is 2.89. The Hall–Kier alpha value is -0.680. The van der Waals surface area contributed by atoms with Crippen LogP contribution in [0.4, 0.5) is 0 Å². The fraction of sp³-hybridized carbons (Fsp3) is 1.00. The lowest BCUT2D eigenvalue weighted by atomic mass is 9.75. The van der Waals surface area contributed by atoms with E-state index in [9.17, 15) is 61.3 Å². The predicted molar refractivity (Wildman–Crippen MR) is 114 cm³/mol. The third kappa shape index (κ3) is 5.65. The third-order valence-electron chi connectivity index (χ3n) is 7.19. The van der Waals surface area contributed by atoms with Crippen molar-refractivity contribution in [2.75, 3.05) is 26.4 Å². The van der Waals surface area contributed by atoms with Crippen LogP contribution in [0, 0.1) is 0 Å². The number of aliphatic hydroxyl groups is 12. The summed E-state index contributed by atoms with van der Waals surface area (Å²) in [6.07, 6.45) is -26.6. The Morgan fingerprint density at radius 3 is 1.24 bits per heavy atom. The molecule has 17 nitrogen and oxygen atoms in total. The summed E-state index contributed by atoms with van der Waals surface area (Å²) in [4.78, 5) is 0. The van der Waals surface area contributed by atoms with Crippen LogP contribution in [0.25, 0.3) is 0 Å². The largest absolute Gasteiger partial charge is 0.394 e. The van der Waals surface area contributed by atoms with Gasteiger partial charge in [0.05, 0.1) is 32.0 Å². The number of ether oxygens (including phenoxy) is 4. The highest BCUT2D eigenvalue weighted by Gasteiger charge is 2.60. The van der Waals surface area contributed by atoms with E-state index in [1.165, 1.54) is 0 Å². The van der Waals surface area contributed by atoms with Crippen LogP contribution in [0.5, 0.6) is 0 Å². The van der Waals surface area contributed by atoms with Crippen molar-refractivity contribution in [3.05, 3.63) is 0 Å². The molecule has 15 atom stereocenters. The van der Waals surface area contributed by atoms with Gasteiger partial charge in [-0.05, 0) is 0 Å². The molecule has 0 aromatic heterocycles. The molecular weight excluding hydrogens is 510 g/mol. The second-order valence-electron chi connectivity index (χ2n) is 9.62. The quantitative estimate of drug-likeness (QED) is 0.134. The Kier molecular flexibility index (Phi) is 10.2. The summed E-state index contributed by atoms with van der Waals surface area (Å²) in [6, 6.07) is 0. The summed E-state index contributed by atoms with van der Waals surface area (Å²) >= 11 is 0. The minimum Gasteiger partial charge on any atom is -0.394 e. The molecule has 0 spiro atoms. The van der Waals surface area contributed by atoms with Crippen LogP contribution in [0.3, 0.4) is 0 Å². The fourth-order valence-corrected chi connectivity index (χ4v) is 4.85. The van der Waals surface area contributed by atoms with Gasteiger partial charge in [0.2, 0.25) is 0 Å². The van der Waals surface area contributed by atoms with Gasteiger partial charge in [0.25, 0.3) is 0 Å². The van der Waals surface area contributed by atoms with Crippen molar-refractivity contribution in [2.45, 2.75) is 97.3 Å². The molecule has 17 heteroatoms. The van der Waals surface area contributed by atoms with Crippen molar-refractivity contribution in [2.24, 2.45) is 5.73 Å². The van der Waals surface area contributed by atoms with Gasteiger partial charge in [0.1, 0.15) is 85.5 Å². The zero-order valence-electron chi connectivity index (χ0n) is 19.6. The van der Waals surface area contributed by atoms with E-state index in [0.717, 1.165) is 0 Å². The Morgan fingerprint density at radius 2 is 0.865 bits per heavy atom. The molecule has 14 N–H and O–H groups in total. The van der Waals surface area contributed by atoms with E-state index in [0.29, 0.717) is 0 Å². The van der Waals surface area contributed by atoms with Crippen LogP contribution in [0.15, 0.2) is 0 Å². The van der Waals surface area contributed by atoms with Gasteiger partial charge in [-0.3, -0.25) is 0 Å². The lowest BCUT2D eigenvalue weighted by molar-refractivity contribution is -0.323. The van der Waals surface area contributed by atoms with Gasteiger partial charge in [0.15, 0.2) is 6.29 Å². The van der Waals surface area contributed by atoms with Gasteiger partial charge in [-0.2, -0.15) is 0 Å². The first-order chi connectivity index (χ1) is 17.3. The molecule has 218 valence electrons. The normalized spacial score (nSPS) is 51.0. The fourth-order valence-electron chi connectivity index (χ4n) is 4.85. The van der Waals surface area contributed by atoms with Crippen molar-refractivity contribution < 1.29 is 80.2 Å². The first-order valence-electron chi connectivity index (χ1n) is 11.7. The van der Waals surface area contributed by atoms with E-state index in [-0.39, 0.29) is 0 Å². The van der Waals surface area contributed by atoms with Crippen molar-refractivity contribution in [3.63, 3.8) is 0 Å². The van der Waals surface area contributed by atoms with Crippen LogP contribution in [-0.2, 0) is 18.9 Å². The molecule has 0 aliphatic carbocycles. The molecule has 3 unspecified atom stereocenters. The molecule has 0 radical (unpaired) electrons. The van der Waals surface area contributed by atoms with Gasteiger partial charge >= 0.3 is 0 Å². The summed E-state index contributed by atoms with van der Waals surface area (Å²) < 4.78 is 21.8. The smallest absolute Gasteiger partial charge is 0.186 e. The van der Waals surface area contributed by atoms with Crippen LogP contribution >= 0.6 is 0 Å². The van der Waals surface area contributed by atoms with Crippen molar-refractivity contribution in [1.82, 2.24) is 0 Å². The number of hydrogen-bond acceptors (Lipinski definition) is 17. The van der Waals surface area contributed by atoms with Gasteiger partial charge in [-0.25, -0.2) is 0 Å².